The van der Waals surface area contributed by atoms with Crippen molar-refractivity contribution in [2.45, 2.75) is 20.3 Å². The highest BCUT2D eigenvalue weighted by molar-refractivity contribution is 6.35. The lowest BCUT2D eigenvalue weighted by Crippen LogP contribution is -2.48. The average molecular weight is 435 g/mol. The summed E-state index contributed by atoms with van der Waals surface area (Å²) in [6.45, 7) is 8.28. The van der Waals surface area contributed by atoms with Crippen LogP contribution in [-0.4, -0.2) is 72.5 Å². The molecule has 1 aromatic heterocycles. The topological polar surface area (TPSA) is 66.0 Å². The van der Waals surface area contributed by atoms with E-state index in [9.17, 15) is 9.59 Å². The molecule has 0 N–H and O–H groups in total. The maximum atomic E-state index is 13.4. The Labute approximate surface area is 189 Å². The van der Waals surface area contributed by atoms with Crippen LogP contribution in [0.2, 0.25) is 0 Å². The van der Waals surface area contributed by atoms with Crippen molar-refractivity contribution in [1.29, 1.82) is 0 Å². The molecule has 1 aromatic carbocycles. The predicted octanol–water partition coefficient (Wildman–Crippen LogP) is 2.72. The molecule has 0 unspecified atom stereocenters. The van der Waals surface area contributed by atoms with Gasteiger partial charge in [0.25, 0.3) is 11.8 Å². The average Bonchev–Trinajstić information content (AvgIpc) is 3.07. The first-order valence-corrected chi connectivity index (χ1v) is 11.3. The number of anilines is 1. The molecule has 2 amide bonds. The van der Waals surface area contributed by atoms with Gasteiger partial charge >= 0.3 is 0 Å². The van der Waals surface area contributed by atoms with Gasteiger partial charge in [-0.25, -0.2) is 4.98 Å². The lowest BCUT2D eigenvalue weighted by atomic mass is 10.0. The zero-order chi connectivity index (χ0) is 22.5. The van der Waals surface area contributed by atoms with E-state index in [0.717, 1.165) is 30.0 Å². The van der Waals surface area contributed by atoms with Crippen molar-refractivity contribution < 1.29 is 14.3 Å². The van der Waals surface area contributed by atoms with E-state index in [1.165, 1.54) is 4.90 Å². The first kappa shape index (κ1) is 22.0. The minimum Gasteiger partial charge on any atom is -0.382 e. The van der Waals surface area contributed by atoms with Crippen LogP contribution in [0.25, 0.3) is 5.57 Å². The van der Waals surface area contributed by atoms with E-state index in [0.29, 0.717) is 50.5 Å². The van der Waals surface area contributed by atoms with Crippen LogP contribution in [0, 0.1) is 6.92 Å². The summed E-state index contributed by atoms with van der Waals surface area (Å²) in [5.74, 6) is 0.525. The smallest absolute Gasteiger partial charge is 0.277 e. The summed E-state index contributed by atoms with van der Waals surface area (Å²) < 4.78 is 5.40. The number of imide groups is 1. The fourth-order valence-corrected chi connectivity index (χ4v) is 4.21. The maximum absolute atomic E-state index is 13.4. The number of benzene rings is 1. The zero-order valence-corrected chi connectivity index (χ0v) is 18.8. The van der Waals surface area contributed by atoms with Crippen LogP contribution in [0.1, 0.15) is 24.5 Å². The third-order valence-corrected chi connectivity index (χ3v) is 5.93. The molecule has 32 heavy (non-hydrogen) atoms. The standard InChI is InChI=1S/C25H30N4O3/c1-3-32-18-6-13-29-24(30)22(20-10-8-19(2)9-11-20)23(25(29)31)28-16-14-27(15-17-28)21-7-4-5-12-26-21/h4-5,7-12H,3,6,13-18H2,1-2H3. The van der Waals surface area contributed by atoms with Gasteiger partial charge in [0.2, 0.25) is 0 Å². The Morgan fingerprint density at radius 2 is 1.66 bits per heavy atom. The quantitative estimate of drug-likeness (QED) is 0.470. The minimum atomic E-state index is -0.211. The van der Waals surface area contributed by atoms with Gasteiger partial charge < -0.3 is 14.5 Å². The van der Waals surface area contributed by atoms with E-state index in [4.69, 9.17) is 4.74 Å². The Balaban J connectivity index is 1.57. The molecule has 0 radical (unpaired) electrons. The predicted molar refractivity (Wildman–Crippen MR) is 124 cm³/mol. The Hall–Kier alpha value is -3.19. The van der Waals surface area contributed by atoms with Crippen molar-refractivity contribution >= 4 is 23.2 Å². The summed E-state index contributed by atoms with van der Waals surface area (Å²) >= 11 is 0. The highest BCUT2D eigenvalue weighted by atomic mass is 16.5. The fraction of sp³-hybridized carbons (Fsp3) is 0.400. The number of nitrogens with zero attached hydrogens (tertiary/aromatic N) is 4. The molecule has 0 spiro atoms. The van der Waals surface area contributed by atoms with Gasteiger partial charge in [0.05, 0.1) is 5.57 Å². The van der Waals surface area contributed by atoms with Crippen molar-refractivity contribution in [3.8, 4) is 0 Å². The van der Waals surface area contributed by atoms with E-state index >= 15 is 0 Å². The lowest BCUT2D eigenvalue weighted by Gasteiger charge is -2.37. The molecular weight excluding hydrogens is 404 g/mol. The third kappa shape index (κ3) is 4.53. The first-order chi connectivity index (χ1) is 15.6. The Morgan fingerprint density at radius 3 is 2.31 bits per heavy atom. The molecule has 3 heterocycles. The van der Waals surface area contributed by atoms with Gasteiger partial charge in [-0.15, -0.1) is 0 Å². The van der Waals surface area contributed by atoms with Gasteiger partial charge in [-0.3, -0.25) is 14.5 Å². The summed E-state index contributed by atoms with van der Waals surface area (Å²) in [5.41, 5.74) is 2.95. The van der Waals surface area contributed by atoms with Crippen molar-refractivity contribution in [1.82, 2.24) is 14.8 Å². The monoisotopic (exact) mass is 434 g/mol. The molecule has 0 bridgehead atoms. The summed E-state index contributed by atoms with van der Waals surface area (Å²) in [6.07, 6.45) is 2.42. The number of hydrogen-bond donors (Lipinski definition) is 0. The van der Waals surface area contributed by atoms with Gasteiger partial charge in [-0.05, 0) is 38.0 Å². The second-order valence-electron chi connectivity index (χ2n) is 8.06. The number of pyridine rings is 1. The Bertz CT molecular complexity index is 980. The zero-order valence-electron chi connectivity index (χ0n) is 18.8. The summed E-state index contributed by atoms with van der Waals surface area (Å²) in [6, 6.07) is 13.7. The van der Waals surface area contributed by atoms with Gasteiger partial charge in [0, 0.05) is 52.1 Å². The molecule has 4 rings (SSSR count). The molecule has 1 saturated heterocycles. The third-order valence-electron chi connectivity index (χ3n) is 5.93. The number of ether oxygens (including phenoxy) is 1. The van der Waals surface area contributed by atoms with E-state index in [1.54, 1.807) is 6.20 Å². The van der Waals surface area contributed by atoms with Gasteiger partial charge in [0.1, 0.15) is 11.5 Å². The molecule has 0 saturated carbocycles. The normalized spacial score (nSPS) is 17.0. The van der Waals surface area contributed by atoms with Crippen LogP contribution in [0.15, 0.2) is 54.4 Å². The first-order valence-electron chi connectivity index (χ1n) is 11.3. The number of aryl methyl sites for hydroxylation is 1. The van der Waals surface area contributed by atoms with Crippen LogP contribution in [-0.2, 0) is 14.3 Å². The second-order valence-corrected chi connectivity index (χ2v) is 8.06. The lowest BCUT2D eigenvalue weighted by molar-refractivity contribution is -0.137. The van der Waals surface area contributed by atoms with Crippen molar-refractivity contribution in [3.63, 3.8) is 0 Å². The number of hydrogen-bond acceptors (Lipinski definition) is 6. The van der Waals surface area contributed by atoms with Gasteiger partial charge in [0.15, 0.2) is 0 Å². The molecule has 2 aromatic rings. The van der Waals surface area contributed by atoms with Gasteiger partial charge in [-0.1, -0.05) is 35.9 Å². The number of aromatic nitrogens is 1. The van der Waals surface area contributed by atoms with E-state index in [2.05, 4.69) is 14.8 Å². The molecule has 7 nitrogen and oxygen atoms in total. The number of amides is 2. The van der Waals surface area contributed by atoms with E-state index in [-0.39, 0.29) is 11.8 Å². The van der Waals surface area contributed by atoms with Crippen LogP contribution in [0.4, 0.5) is 5.82 Å². The highest BCUT2D eigenvalue weighted by Crippen LogP contribution is 2.32. The number of rotatable bonds is 8. The van der Waals surface area contributed by atoms with Gasteiger partial charge in [-0.2, -0.15) is 0 Å². The molecule has 0 atom stereocenters. The molecule has 2 aliphatic heterocycles. The highest BCUT2D eigenvalue weighted by Gasteiger charge is 2.41. The number of piperazine rings is 1. The minimum absolute atomic E-state index is 0.201. The van der Waals surface area contributed by atoms with E-state index < -0.39 is 0 Å². The van der Waals surface area contributed by atoms with Crippen LogP contribution >= 0.6 is 0 Å². The molecule has 1 fully saturated rings. The number of carbonyl (C=O) groups is 2. The number of carbonyl (C=O) groups excluding carboxylic acids is 2. The fourth-order valence-electron chi connectivity index (χ4n) is 4.21. The molecule has 168 valence electrons. The largest absolute Gasteiger partial charge is 0.382 e. The van der Waals surface area contributed by atoms with Crippen LogP contribution < -0.4 is 4.90 Å². The summed E-state index contributed by atoms with van der Waals surface area (Å²) in [4.78, 5) is 36.9. The van der Waals surface area contributed by atoms with E-state index in [1.807, 2.05) is 56.3 Å². The summed E-state index contributed by atoms with van der Waals surface area (Å²) in [7, 11) is 0. The Kier molecular flexibility index (Phi) is 6.85. The van der Waals surface area contributed by atoms with Crippen molar-refractivity contribution in [2.75, 3.05) is 50.8 Å². The second kappa shape index (κ2) is 9.96. The van der Waals surface area contributed by atoms with Crippen LogP contribution in [0.3, 0.4) is 0 Å². The molecule has 0 aliphatic carbocycles. The summed E-state index contributed by atoms with van der Waals surface area (Å²) in [5, 5.41) is 0. The van der Waals surface area contributed by atoms with Crippen molar-refractivity contribution in [3.05, 3.63) is 65.5 Å². The molecule has 7 heteroatoms. The molecular formula is C25H30N4O3. The van der Waals surface area contributed by atoms with Crippen molar-refractivity contribution in [2.24, 2.45) is 0 Å². The Morgan fingerprint density at radius 1 is 0.938 bits per heavy atom. The van der Waals surface area contributed by atoms with Crippen LogP contribution in [0.5, 0.6) is 0 Å². The SMILES string of the molecule is CCOCCCN1C(=O)C(c2ccc(C)cc2)=C(N2CCN(c3ccccn3)CC2)C1=O. The molecule has 2 aliphatic rings. The maximum Gasteiger partial charge on any atom is 0.277 e.